The predicted octanol–water partition coefficient (Wildman–Crippen LogP) is 3.61. The maximum atomic E-state index is 13.6. The third-order valence-electron chi connectivity index (χ3n) is 2.28. The van der Waals surface area contributed by atoms with Crippen LogP contribution in [0.25, 0.3) is 5.32 Å². The molecule has 0 spiro atoms. The van der Waals surface area contributed by atoms with Crippen molar-refractivity contribution in [2.45, 2.75) is 34.2 Å². The zero-order valence-corrected chi connectivity index (χ0v) is 15.1. The van der Waals surface area contributed by atoms with Gasteiger partial charge in [0.05, 0.1) is 0 Å². The summed E-state index contributed by atoms with van der Waals surface area (Å²) in [6.45, 7) is 8.94. The minimum Gasteiger partial charge on any atom is -0.469 e. The van der Waals surface area contributed by atoms with E-state index >= 15 is 0 Å². The van der Waals surface area contributed by atoms with E-state index in [9.17, 15) is 8.78 Å². The number of benzene rings is 1. The Morgan fingerprint density at radius 2 is 1.71 bits per heavy atom. The molecule has 2 N–H and O–H groups in total. The van der Waals surface area contributed by atoms with Gasteiger partial charge in [-0.1, -0.05) is 34.0 Å². The minimum absolute atomic E-state index is 0. The monoisotopic (exact) mass is 480 g/mol. The van der Waals surface area contributed by atoms with Gasteiger partial charge in [-0.3, -0.25) is 0 Å². The van der Waals surface area contributed by atoms with Gasteiger partial charge in [-0.05, 0) is 24.2 Å². The van der Waals surface area contributed by atoms with Crippen molar-refractivity contribution in [1.82, 2.24) is 0 Å². The van der Waals surface area contributed by atoms with Crippen LogP contribution in [0.3, 0.4) is 0 Å². The van der Waals surface area contributed by atoms with Crippen LogP contribution in [0, 0.1) is 11.6 Å². The molecule has 0 bridgehead atoms. The van der Waals surface area contributed by atoms with Crippen molar-refractivity contribution in [3.8, 4) is 0 Å². The van der Waals surface area contributed by atoms with Gasteiger partial charge in [0.2, 0.25) is 0 Å². The molecule has 21 heavy (non-hydrogen) atoms. The maximum absolute atomic E-state index is 13.6. The topological polar surface area (TPSA) is 55.7 Å². The van der Waals surface area contributed by atoms with Crippen LogP contribution in [0.2, 0.25) is 0 Å². The third kappa shape index (κ3) is 6.53. The zero-order valence-electron chi connectivity index (χ0n) is 12.8. The van der Waals surface area contributed by atoms with Gasteiger partial charge in [0.25, 0.3) is 0 Å². The second kappa shape index (κ2) is 12.7. The molecule has 124 valence electrons. The van der Waals surface area contributed by atoms with Gasteiger partial charge in [-0.25, -0.2) is 8.78 Å². The third-order valence-corrected chi connectivity index (χ3v) is 2.28. The Morgan fingerprint density at radius 3 is 2.10 bits per heavy atom. The molecule has 0 fully saturated rings. The molecule has 1 aliphatic rings. The summed E-state index contributed by atoms with van der Waals surface area (Å²) in [5.74, 6) is -1.31. The van der Waals surface area contributed by atoms with Crippen LogP contribution in [-0.4, -0.2) is 19.4 Å². The Bertz CT molecular complexity index is 404. The molecule has 1 heterocycles. The van der Waals surface area contributed by atoms with Gasteiger partial charge in [0, 0.05) is 34.2 Å². The summed E-state index contributed by atoms with van der Waals surface area (Å²) in [5.41, 5.74) is 5.60. The molecule has 1 aromatic carbocycles. The van der Waals surface area contributed by atoms with Crippen LogP contribution >= 0.6 is 0 Å². The Labute approximate surface area is 140 Å². The van der Waals surface area contributed by atoms with E-state index < -0.39 is 11.6 Å². The van der Waals surface area contributed by atoms with Crippen molar-refractivity contribution in [1.29, 1.82) is 0 Å². The first-order valence-electron chi connectivity index (χ1n) is 6.87. The van der Waals surface area contributed by atoms with Crippen molar-refractivity contribution >= 4 is 12.0 Å². The van der Waals surface area contributed by atoms with Crippen LogP contribution in [0.15, 0.2) is 17.2 Å². The normalized spacial score (nSPS) is 12.0. The molecule has 0 saturated heterocycles. The number of hydrazone groups is 1. The smallest absolute Gasteiger partial charge is 0.150 e. The van der Waals surface area contributed by atoms with Crippen LogP contribution < -0.4 is 10.7 Å². The number of halogens is 2. The van der Waals surface area contributed by atoms with E-state index in [1.165, 1.54) is 23.5 Å². The number of anilines is 1. The van der Waals surface area contributed by atoms with Crippen molar-refractivity contribution < 1.29 is 29.8 Å². The van der Waals surface area contributed by atoms with Crippen molar-refractivity contribution in [2.24, 2.45) is 10.8 Å². The molecule has 0 radical (unpaired) electrons. The second-order valence-electron chi connectivity index (χ2n) is 3.37. The van der Waals surface area contributed by atoms with Gasteiger partial charge in [-0.2, -0.15) is 0 Å². The molecule has 0 aliphatic carbocycles. The quantitative estimate of drug-likeness (QED) is 0.704. The van der Waals surface area contributed by atoms with Gasteiger partial charge >= 0.3 is 0 Å². The van der Waals surface area contributed by atoms with Crippen LogP contribution in [0.5, 0.6) is 0 Å². The number of rotatable bonds is 2. The molecule has 4 nitrogen and oxygen atoms in total. The second-order valence-corrected chi connectivity index (χ2v) is 3.37. The Hall–Kier alpha value is -1.00. The van der Waals surface area contributed by atoms with Crippen molar-refractivity contribution in [2.75, 3.05) is 18.1 Å². The van der Waals surface area contributed by atoms with E-state index in [4.69, 9.17) is 5.73 Å². The average Bonchev–Trinajstić information content (AvgIpc) is 2.51. The van der Waals surface area contributed by atoms with E-state index in [0.29, 0.717) is 18.7 Å². The molecule has 7 heteroatoms. The van der Waals surface area contributed by atoms with Crippen molar-refractivity contribution in [3.63, 3.8) is 0 Å². The fourth-order valence-electron chi connectivity index (χ4n) is 1.52. The summed E-state index contributed by atoms with van der Waals surface area (Å²) >= 11 is 0. The molecule has 0 unspecified atom stereocenters. The van der Waals surface area contributed by atoms with Crippen LogP contribution in [-0.2, 0) is 27.6 Å². The molecule has 0 aromatic heterocycles. The van der Waals surface area contributed by atoms with E-state index in [1.54, 1.807) is 0 Å². The van der Waals surface area contributed by atoms with E-state index in [-0.39, 0.29) is 33.3 Å². The number of nitrogens with zero attached hydrogens (tertiary/aromatic N) is 3. The largest absolute Gasteiger partial charge is 0.469 e. The Kier molecular flexibility index (Phi) is 13.5. The number of hydrogen-bond donors (Lipinski definition) is 1. The standard InChI is InChI=1S/C10H11F2N4.2C2H6.Pt/c11-8-3-7(5-13)4-9(12)10(8)16-2-1-14-6-15-16;2*1-2;/h3-4,6H,1-2,5,13H2;2*1-2H3;/q-1;;;. The van der Waals surface area contributed by atoms with Gasteiger partial charge < -0.3 is 21.2 Å². The average molecular weight is 480 g/mol. The fraction of sp³-hybridized carbons (Fsp3) is 0.500. The van der Waals surface area contributed by atoms with E-state index in [2.05, 4.69) is 10.4 Å². The SMILES string of the molecule is CC.CC.NCc1cc(F)c(N2CC[N-]C=N2)c(F)c1.[Pt]. The molecule has 2 rings (SSSR count). The predicted molar refractivity (Wildman–Crippen MR) is 81.0 cm³/mol. The van der Waals surface area contributed by atoms with Crippen molar-refractivity contribution in [3.05, 3.63) is 34.6 Å². The van der Waals surface area contributed by atoms with E-state index in [1.807, 2.05) is 27.7 Å². The fourth-order valence-corrected chi connectivity index (χ4v) is 1.52. The Balaban J connectivity index is 0. The summed E-state index contributed by atoms with van der Waals surface area (Å²) in [6.07, 6.45) is 1.29. The zero-order chi connectivity index (χ0) is 15.5. The molecule has 0 amide bonds. The van der Waals surface area contributed by atoms with Crippen LogP contribution in [0.1, 0.15) is 33.3 Å². The first-order valence-corrected chi connectivity index (χ1v) is 6.87. The first kappa shape index (κ1) is 22.3. The number of nitrogens with two attached hydrogens (primary N) is 1. The molecule has 1 aliphatic heterocycles. The molecule has 1 aromatic rings. The van der Waals surface area contributed by atoms with E-state index in [0.717, 1.165) is 0 Å². The summed E-state index contributed by atoms with van der Waals surface area (Å²) < 4.78 is 27.3. The molecular formula is C14H23F2N4Pt-. The van der Waals surface area contributed by atoms with Gasteiger partial charge in [-0.15, -0.1) is 0 Å². The molecule has 0 atom stereocenters. The maximum Gasteiger partial charge on any atom is 0.150 e. The summed E-state index contributed by atoms with van der Waals surface area (Å²) in [4.78, 5) is 0. The Morgan fingerprint density at radius 1 is 1.19 bits per heavy atom. The van der Waals surface area contributed by atoms with Gasteiger partial charge in [0.1, 0.15) is 17.3 Å². The first-order chi connectivity index (χ1) is 9.72. The molecule has 0 saturated carbocycles. The van der Waals surface area contributed by atoms with Crippen LogP contribution in [0.4, 0.5) is 14.5 Å². The number of hydrogen-bond acceptors (Lipinski definition) is 3. The van der Waals surface area contributed by atoms with Gasteiger partial charge in [0.15, 0.2) is 0 Å². The summed E-state index contributed by atoms with van der Waals surface area (Å²) in [6, 6.07) is 2.44. The summed E-state index contributed by atoms with van der Waals surface area (Å²) in [7, 11) is 0. The minimum atomic E-state index is -0.653. The summed E-state index contributed by atoms with van der Waals surface area (Å²) in [5, 5.41) is 8.92. The molecular weight excluding hydrogens is 457 g/mol.